The summed E-state index contributed by atoms with van der Waals surface area (Å²) < 4.78 is 0. The van der Waals surface area contributed by atoms with Gasteiger partial charge in [0.05, 0.1) is 11.9 Å². The van der Waals surface area contributed by atoms with Gasteiger partial charge in [0.1, 0.15) is 5.82 Å². The van der Waals surface area contributed by atoms with Gasteiger partial charge in [0.2, 0.25) is 5.91 Å². The zero-order valence-electron chi connectivity index (χ0n) is 11.2. The summed E-state index contributed by atoms with van der Waals surface area (Å²) in [6, 6.07) is 11.8. The minimum absolute atomic E-state index is 0.0178. The molecule has 0 aliphatic heterocycles. The molecule has 3 N–H and O–H groups in total. The van der Waals surface area contributed by atoms with Crippen LogP contribution in [0, 0.1) is 5.92 Å². The monoisotopic (exact) mass is 267 g/mol. The van der Waals surface area contributed by atoms with Gasteiger partial charge in [0.25, 0.3) is 0 Å². The van der Waals surface area contributed by atoms with Gasteiger partial charge in [-0.15, -0.1) is 0 Å². The molecular formula is C16H17N3O. The summed E-state index contributed by atoms with van der Waals surface area (Å²) in [4.78, 5) is 16.4. The van der Waals surface area contributed by atoms with E-state index in [4.69, 9.17) is 5.73 Å². The number of hydrogen-bond donors (Lipinski definition) is 2. The first-order valence-electron chi connectivity index (χ1n) is 6.81. The van der Waals surface area contributed by atoms with Crippen LogP contribution in [0.15, 0.2) is 42.6 Å². The molecule has 1 aromatic carbocycles. The molecule has 1 atom stereocenters. The SMILES string of the molecule is Nc1ccc(NC(=O)C2CCc3ccccc3C2)nc1. The zero-order chi connectivity index (χ0) is 13.9. The molecule has 0 saturated carbocycles. The van der Waals surface area contributed by atoms with Crippen molar-refractivity contribution >= 4 is 17.4 Å². The second kappa shape index (κ2) is 5.33. The molecule has 1 aliphatic carbocycles. The van der Waals surface area contributed by atoms with E-state index in [1.165, 1.54) is 11.1 Å². The highest BCUT2D eigenvalue weighted by Gasteiger charge is 2.24. The lowest BCUT2D eigenvalue weighted by molar-refractivity contribution is -0.120. The van der Waals surface area contributed by atoms with Crippen LogP contribution in [-0.2, 0) is 17.6 Å². The van der Waals surface area contributed by atoms with Crippen molar-refractivity contribution in [3.63, 3.8) is 0 Å². The highest BCUT2D eigenvalue weighted by molar-refractivity contribution is 5.92. The van der Waals surface area contributed by atoms with Gasteiger partial charge >= 0.3 is 0 Å². The van der Waals surface area contributed by atoms with Gasteiger partial charge in [-0.1, -0.05) is 24.3 Å². The molecular weight excluding hydrogens is 250 g/mol. The molecule has 0 radical (unpaired) electrons. The van der Waals surface area contributed by atoms with E-state index in [-0.39, 0.29) is 11.8 Å². The highest BCUT2D eigenvalue weighted by Crippen LogP contribution is 2.26. The van der Waals surface area contributed by atoms with E-state index < -0.39 is 0 Å². The average molecular weight is 267 g/mol. The molecule has 1 heterocycles. The molecule has 2 aromatic rings. The van der Waals surface area contributed by atoms with Gasteiger partial charge in [-0.3, -0.25) is 4.79 Å². The maximum Gasteiger partial charge on any atom is 0.228 e. The van der Waals surface area contributed by atoms with Crippen molar-refractivity contribution in [1.29, 1.82) is 0 Å². The maximum absolute atomic E-state index is 12.3. The highest BCUT2D eigenvalue weighted by atomic mass is 16.1. The minimum Gasteiger partial charge on any atom is -0.397 e. The molecule has 20 heavy (non-hydrogen) atoms. The van der Waals surface area contributed by atoms with E-state index in [2.05, 4.69) is 28.5 Å². The molecule has 1 unspecified atom stereocenters. The lowest BCUT2D eigenvalue weighted by atomic mass is 9.83. The normalized spacial score (nSPS) is 17.3. The lowest BCUT2D eigenvalue weighted by Gasteiger charge is -2.23. The Balaban J connectivity index is 1.68. The van der Waals surface area contributed by atoms with Crippen LogP contribution in [0.4, 0.5) is 11.5 Å². The zero-order valence-corrected chi connectivity index (χ0v) is 11.2. The minimum atomic E-state index is 0.0178. The number of carbonyl (C=O) groups is 1. The fraction of sp³-hybridized carbons (Fsp3) is 0.250. The summed E-state index contributed by atoms with van der Waals surface area (Å²) >= 11 is 0. The number of nitrogens with two attached hydrogens (primary N) is 1. The summed E-state index contributed by atoms with van der Waals surface area (Å²) in [7, 11) is 0. The van der Waals surface area contributed by atoms with Crippen molar-refractivity contribution in [2.75, 3.05) is 11.1 Å². The number of aryl methyl sites for hydroxylation is 1. The summed E-state index contributed by atoms with van der Waals surface area (Å²) in [6.45, 7) is 0. The first kappa shape index (κ1) is 12.7. The van der Waals surface area contributed by atoms with Crippen molar-refractivity contribution in [3.8, 4) is 0 Å². The number of hydrogen-bond acceptors (Lipinski definition) is 3. The smallest absolute Gasteiger partial charge is 0.228 e. The third-order valence-corrected chi connectivity index (χ3v) is 3.76. The number of nitrogens with one attached hydrogen (secondary N) is 1. The molecule has 0 spiro atoms. The van der Waals surface area contributed by atoms with Crippen molar-refractivity contribution < 1.29 is 4.79 Å². The number of benzene rings is 1. The van der Waals surface area contributed by atoms with E-state index in [0.29, 0.717) is 11.5 Å². The van der Waals surface area contributed by atoms with E-state index in [1.54, 1.807) is 18.3 Å². The van der Waals surface area contributed by atoms with Gasteiger partial charge in [-0.05, 0) is 42.5 Å². The largest absolute Gasteiger partial charge is 0.397 e. The number of nitrogens with zero attached hydrogens (tertiary/aromatic N) is 1. The molecule has 4 nitrogen and oxygen atoms in total. The maximum atomic E-state index is 12.3. The Bertz CT molecular complexity index is 622. The van der Waals surface area contributed by atoms with Crippen LogP contribution in [0.1, 0.15) is 17.5 Å². The van der Waals surface area contributed by atoms with Crippen molar-refractivity contribution in [3.05, 3.63) is 53.7 Å². The van der Waals surface area contributed by atoms with Crippen LogP contribution in [0.3, 0.4) is 0 Å². The molecule has 3 rings (SSSR count). The molecule has 1 aliphatic rings. The van der Waals surface area contributed by atoms with Crippen molar-refractivity contribution in [2.45, 2.75) is 19.3 Å². The Morgan fingerprint density at radius 3 is 2.75 bits per heavy atom. The van der Waals surface area contributed by atoms with Gasteiger partial charge in [-0.2, -0.15) is 0 Å². The number of pyridine rings is 1. The van der Waals surface area contributed by atoms with E-state index in [9.17, 15) is 4.79 Å². The summed E-state index contributed by atoms with van der Waals surface area (Å²) in [5.41, 5.74) is 8.82. The number of aromatic nitrogens is 1. The first-order chi connectivity index (χ1) is 9.72. The van der Waals surface area contributed by atoms with Crippen LogP contribution in [0.2, 0.25) is 0 Å². The Labute approximate surface area is 118 Å². The van der Waals surface area contributed by atoms with Crippen molar-refractivity contribution in [2.24, 2.45) is 5.92 Å². The third-order valence-electron chi connectivity index (χ3n) is 3.76. The number of anilines is 2. The van der Waals surface area contributed by atoms with Gasteiger partial charge < -0.3 is 11.1 Å². The topological polar surface area (TPSA) is 68.0 Å². The standard InChI is InChI=1S/C16H17N3O/c17-14-7-8-15(18-10-14)19-16(20)13-6-5-11-3-1-2-4-12(11)9-13/h1-4,7-8,10,13H,5-6,9,17H2,(H,18,19,20). The molecule has 0 bridgehead atoms. The Kier molecular flexibility index (Phi) is 3.37. The molecule has 1 aromatic heterocycles. The first-order valence-corrected chi connectivity index (χ1v) is 6.81. The quantitative estimate of drug-likeness (QED) is 0.878. The number of rotatable bonds is 2. The van der Waals surface area contributed by atoms with E-state index in [0.717, 1.165) is 19.3 Å². The number of amides is 1. The van der Waals surface area contributed by atoms with Crippen molar-refractivity contribution in [1.82, 2.24) is 4.98 Å². The second-order valence-corrected chi connectivity index (χ2v) is 5.17. The van der Waals surface area contributed by atoms with E-state index >= 15 is 0 Å². The van der Waals surface area contributed by atoms with Crippen LogP contribution in [-0.4, -0.2) is 10.9 Å². The molecule has 0 fully saturated rings. The Morgan fingerprint density at radius 1 is 1.20 bits per heavy atom. The lowest BCUT2D eigenvalue weighted by Crippen LogP contribution is -2.28. The van der Waals surface area contributed by atoms with E-state index in [1.807, 2.05) is 6.07 Å². The fourth-order valence-corrected chi connectivity index (χ4v) is 2.63. The summed E-state index contributed by atoms with van der Waals surface area (Å²) in [6.07, 6.45) is 4.20. The fourth-order valence-electron chi connectivity index (χ4n) is 2.63. The molecule has 102 valence electrons. The van der Waals surface area contributed by atoms with Gasteiger partial charge in [0, 0.05) is 5.92 Å². The number of fused-ring (bicyclic) bond motifs is 1. The second-order valence-electron chi connectivity index (χ2n) is 5.17. The number of nitrogen functional groups attached to an aromatic ring is 1. The predicted octanol–water partition coefficient (Wildman–Crippen LogP) is 2.41. The Morgan fingerprint density at radius 2 is 2.00 bits per heavy atom. The summed E-state index contributed by atoms with van der Waals surface area (Å²) in [5, 5.41) is 2.86. The van der Waals surface area contributed by atoms with Crippen LogP contribution >= 0.6 is 0 Å². The van der Waals surface area contributed by atoms with Crippen LogP contribution in [0.5, 0.6) is 0 Å². The summed E-state index contributed by atoms with van der Waals surface area (Å²) in [5.74, 6) is 0.615. The Hall–Kier alpha value is -2.36. The van der Waals surface area contributed by atoms with Gasteiger partial charge in [0.15, 0.2) is 0 Å². The van der Waals surface area contributed by atoms with Crippen LogP contribution < -0.4 is 11.1 Å². The average Bonchev–Trinajstić information content (AvgIpc) is 2.49. The molecule has 0 saturated heterocycles. The van der Waals surface area contributed by atoms with Crippen LogP contribution in [0.25, 0.3) is 0 Å². The molecule has 1 amide bonds. The number of carbonyl (C=O) groups excluding carboxylic acids is 1. The molecule has 4 heteroatoms. The van der Waals surface area contributed by atoms with Gasteiger partial charge in [-0.25, -0.2) is 4.98 Å². The third kappa shape index (κ3) is 2.64. The predicted molar refractivity (Wildman–Crippen MR) is 79.2 cm³/mol.